The van der Waals surface area contributed by atoms with Gasteiger partial charge in [0.1, 0.15) is 69.7 Å². The number of hydrogen-bond acceptors (Lipinski definition) is 18. The molecule has 8 aliphatic rings. The molecule has 8 saturated carbocycles. The molecule has 20 atom stereocenters. The Bertz CT molecular complexity index is 5940. The van der Waals surface area contributed by atoms with Crippen LogP contribution in [0.1, 0.15) is 201 Å². The van der Waals surface area contributed by atoms with Crippen LogP contribution in [-0.2, 0) is 44.9 Å². The third kappa shape index (κ3) is 20.1. The number of hydrogen-bond donors (Lipinski definition) is 4. The van der Waals surface area contributed by atoms with Crippen LogP contribution in [0.2, 0.25) is 0 Å². The molecule has 0 spiro atoms. The largest absolute Gasteiger partial charge is 0.396 e. The Hall–Kier alpha value is -12.5. The van der Waals surface area contributed by atoms with Crippen molar-refractivity contribution < 1.29 is 57.2 Å². The number of carbonyl (C=O) groups is 4. The molecule has 132 heavy (non-hydrogen) atoms. The van der Waals surface area contributed by atoms with Gasteiger partial charge < -0.3 is 20.4 Å². The van der Waals surface area contributed by atoms with E-state index in [4.69, 9.17) is 23.4 Å². The predicted molar refractivity (Wildman–Crippen MR) is 493 cm³/mol. The van der Waals surface area contributed by atoms with E-state index in [1.165, 1.54) is 47.2 Å². The molecule has 8 aliphatic carbocycles. The highest BCUT2D eigenvalue weighted by Gasteiger charge is 2.52. The van der Waals surface area contributed by atoms with Gasteiger partial charge in [0.25, 0.3) is 0 Å². The molecule has 12 unspecified atom stereocenters. The van der Waals surface area contributed by atoms with Crippen molar-refractivity contribution in [2.24, 2.45) is 88.8 Å². The van der Waals surface area contributed by atoms with Crippen LogP contribution in [-0.4, -0.2) is 109 Å². The molecule has 20 rings (SSSR count). The standard InChI is InChI=1S/2C28H27FN2O2.2C27H26FN3O2/c1-3-23-6-4-17(16-31-23)10-27(32)28(2,33)21-13-18-11-20(12-19(18)14-21)24-8-9-30-26-7-5-22(29)15-25(24)26;1-2-17-3-5-23(31-15-17)14-28(33)26(16-32)21-11-18-9-20(10-19(18)12-21)24-7-8-30-27-6-4-22(29)13-25(24)27;28-21-2-4-26-24(11-21)23(5-6-30-26)19-7-17-9-20(10-18(17)8-19)25(15-32)27(33)12-22-3-1-16(13-29)14-31-22;28-21-2-4-26-24(12-21)23(5-6-30-26)19-8-17-10-20(11-18(17)9-19)25(15-32)27(33)7-16-1-3-22(13-29)31-14-16/h1,4-9,15-16,18-21,33H,10-14H2,2H3;1,3-8,13,15,18-21,26,32H,9-12,14,16H2;1-6,11,14,17-20,25,32H,7-10,12,15H2;1-6,12,14,17-20,25,32H,7-11,15H2/t18-,19+,20?,21?,28?;18-,19+,20?,21?,26?;2*17-,18+,19?,20?,25?. The topological polar surface area (TPSA) is 300 Å². The SMILES string of the molecule is C#Cc1ccc(CC(=O)C(C)(O)C2C[C@H]3CC(c4ccnc5ccc(F)cc45)C[C@H]3C2)cn1.C#Cc1ccc(CC(=O)C(CO)C2C[C@H]3CC(c4ccnc5ccc(F)cc45)C[C@H]3C2)nc1.N#Cc1ccc(CC(=O)C(CO)C2C[C@H]3CC(c4ccnc5ccc(F)cc45)C[C@H]3C2)cn1.N#Cc1ccc(CC(=O)C(CO)C2C[C@H]3CC(c4ccnc5ccc(F)cc45)C[C@H]3C2)nc1. The monoisotopic (exact) mass is 1770 g/mol. The van der Waals surface area contributed by atoms with Crippen molar-refractivity contribution in [3.8, 4) is 36.8 Å². The molecule has 4 N–H and O–H groups in total. The molecule has 0 radical (unpaired) electrons. The Morgan fingerprint density at radius 3 is 0.992 bits per heavy atom. The zero-order chi connectivity index (χ0) is 92.0. The maximum atomic E-state index is 13.9. The normalized spacial score (nSPS) is 25.2. The summed E-state index contributed by atoms with van der Waals surface area (Å²) < 4.78 is 55.5. The number of aliphatic hydroxyl groups is 4. The van der Waals surface area contributed by atoms with Crippen LogP contribution < -0.4 is 0 Å². The van der Waals surface area contributed by atoms with Crippen molar-refractivity contribution in [3.63, 3.8) is 0 Å². The zero-order valence-corrected chi connectivity index (χ0v) is 73.8. The van der Waals surface area contributed by atoms with Crippen LogP contribution in [0.4, 0.5) is 17.6 Å². The van der Waals surface area contributed by atoms with E-state index in [0.717, 1.165) is 163 Å². The number of rotatable bonds is 23. The zero-order valence-electron chi connectivity index (χ0n) is 73.8. The Labute approximate surface area is 765 Å². The number of benzene rings is 4. The summed E-state index contributed by atoms with van der Waals surface area (Å²) in [5, 5.41) is 62.7. The van der Waals surface area contributed by atoms with E-state index in [1.807, 2.05) is 55.0 Å². The molecule has 0 amide bonds. The fourth-order valence-corrected chi connectivity index (χ4v) is 24.6. The van der Waals surface area contributed by atoms with Crippen LogP contribution in [0.3, 0.4) is 0 Å². The summed E-state index contributed by atoms with van der Waals surface area (Å²) in [5.41, 5.74) is 11.5. The first-order valence-corrected chi connectivity index (χ1v) is 46.4. The smallest absolute Gasteiger partial charge is 0.168 e. The third-order valence-corrected chi connectivity index (χ3v) is 31.1. The lowest BCUT2D eigenvalue weighted by Crippen LogP contribution is -2.43. The van der Waals surface area contributed by atoms with Gasteiger partial charge in [0, 0.05) is 132 Å². The number of aliphatic hydroxyl groups excluding tert-OH is 3. The second-order valence-electron chi connectivity index (χ2n) is 38.6. The van der Waals surface area contributed by atoms with Crippen LogP contribution in [0.5, 0.6) is 0 Å². The average molecular weight is 1770 g/mol. The van der Waals surface area contributed by atoms with E-state index in [0.29, 0.717) is 105 Å². The molecular weight excluding hydrogens is 1670 g/mol. The number of ketones is 4. The second-order valence-corrected chi connectivity index (χ2v) is 38.6. The van der Waals surface area contributed by atoms with Crippen molar-refractivity contribution in [1.29, 1.82) is 10.5 Å². The molecule has 672 valence electrons. The van der Waals surface area contributed by atoms with E-state index < -0.39 is 5.60 Å². The minimum Gasteiger partial charge on any atom is -0.396 e. The van der Waals surface area contributed by atoms with Gasteiger partial charge in [-0.1, -0.05) is 24.0 Å². The van der Waals surface area contributed by atoms with Crippen molar-refractivity contribution in [2.75, 3.05) is 19.8 Å². The number of carbonyl (C=O) groups excluding carboxylic acids is 4. The Morgan fingerprint density at radius 1 is 0.371 bits per heavy atom. The molecule has 8 heterocycles. The summed E-state index contributed by atoms with van der Waals surface area (Å²) in [7, 11) is 0. The lowest BCUT2D eigenvalue weighted by molar-refractivity contribution is -0.140. The van der Waals surface area contributed by atoms with E-state index in [9.17, 15) is 57.2 Å². The summed E-state index contributed by atoms with van der Waals surface area (Å²) in [5.74, 6) is 9.00. The maximum Gasteiger partial charge on any atom is 0.168 e. The number of pyridine rings is 8. The van der Waals surface area contributed by atoms with Gasteiger partial charge in [-0.2, -0.15) is 10.5 Å². The molecule has 8 fully saturated rings. The number of terminal acetylenes is 2. The first kappa shape index (κ1) is 91.4. The number of nitrogens with zero attached hydrogens (tertiary/aromatic N) is 10. The molecule has 18 nitrogen and oxygen atoms in total. The summed E-state index contributed by atoms with van der Waals surface area (Å²) in [6.45, 7) is 1.27. The summed E-state index contributed by atoms with van der Waals surface area (Å²) in [6.07, 6.45) is 40.5. The highest BCUT2D eigenvalue weighted by Crippen LogP contribution is 2.60. The van der Waals surface area contributed by atoms with Gasteiger partial charge in [0.15, 0.2) is 5.78 Å². The molecule has 0 bridgehead atoms. The molecule has 12 aromatic rings. The second kappa shape index (κ2) is 40.3. The first-order valence-electron chi connectivity index (χ1n) is 46.4. The van der Waals surface area contributed by atoms with Crippen LogP contribution >= 0.6 is 0 Å². The molecule has 4 aromatic carbocycles. The van der Waals surface area contributed by atoms with Crippen molar-refractivity contribution in [2.45, 2.75) is 165 Å². The fourth-order valence-electron chi connectivity index (χ4n) is 24.6. The molecular formula is C110H106F4N10O8. The Morgan fingerprint density at radius 2 is 0.697 bits per heavy atom. The summed E-state index contributed by atoms with van der Waals surface area (Å²) >= 11 is 0. The number of halogens is 4. The maximum absolute atomic E-state index is 13.9. The van der Waals surface area contributed by atoms with Crippen molar-refractivity contribution in [1.82, 2.24) is 39.9 Å². The number of nitriles is 2. The summed E-state index contributed by atoms with van der Waals surface area (Å²) in [6, 6.07) is 45.1. The molecule has 8 aromatic heterocycles. The van der Waals surface area contributed by atoms with E-state index in [-0.39, 0.29) is 133 Å². The number of fused-ring (bicyclic) bond motifs is 8. The molecule has 22 heteroatoms. The van der Waals surface area contributed by atoms with E-state index in [1.54, 1.807) is 129 Å². The Balaban J connectivity index is 0.000000123. The van der Waals surface area contributed by atoms with Crippen LogP contribution in [0.15, 0.2) is 195 Å². The van der Waals surface area contributed by atoms with Gasteiger partial charge in [-0.05, 0) is 371 Å². The number of aromatic nitrogens is 8. The number of Topliss-reactive ketones (excluding diaryl/α,β-unsaturated/α-hetero) is 4. The molecule has 0 aliphatic heterocycles. The predicted octanol–water partition coefficient (Wildman–Crippen LogP) is 18.7. The van der Waals surface area contributed by atoms with Gasteiger partial charge in [0.2, 0.25) is 0 Å². The highest BCUT2D eigenvalue weighted by molar-refractivity contribution is 5.90. The minimum absolute atomic E-state index is 0.0202. The lowest BCUT2D eigenvalue weighted by Gasteiger charge is -2.30. The first-order chi connectivity index (χ1) is 64.0. The lowest BCUT2D eigenvalue weighted by atomic mass is 9.79. The third-order valence-electron chi connectivity index (χ3n) is 31.1. The van der Waals surface area contributed by atoms with Crippen LogP contribution in [0.25, 0.3) is 43.6 Å². The minimum atomic E-state index is -1.36. The van der Waals surface area contributed by atoms with E-state index >= 15 is 0 Å². The van der Waals surface area contributed by atoms with E-state index in [2.05, 4.69) is 51.7 Å². The molecule has 0 saturated heterocycles. The van der Waals surface area contributed by atoms with Gasteiger partial charge >= 0.3 is 0 Å². The summed E-state index contributed by atoms with van der Waals surface area (Å²) in [4.78, 5) is 86.1. The highest BCUT2D eigenvalue weighted by atomic mass is 19.1. The average Bonchev–Trinajstić information content (AvgIpc) is 1.63. The van der Waals surface area contributed by atoms with Crippen molar-refractivity contribution >= 4 is 66.7 Å². The van der Waals surface area contributed by atoms with Gasteiger partial charge in [-0.15, -0.1) is 12.8 Å². The van der Waals surface area contributed by atoms with Gasteiger partial charge in [-0.3, -0.25) is 49.1 Å². The fraction of sp³-hybridized carbons (Fsp3) is 0.400. The quantitative estimate of drug-likeness (QED) is 0.0342. The Kier molecular flexibility index (Phi) is 27.9. The van der Waals surface area contributed by atoms with Crippen molar-refractivity contribution in [3.05, 3.63) is 286 Å². The van der Waals surface area contributed by atoms with Crippen LogP contribution in [0, 0.1) is 159 Å². The van der Waals surface area contributed by atoms with Gasteiger partial charge in [-0.25, -0.2) is 27.5 Å². The van der Waals surface area contributed by atoms with Gasteiger partial charge in [0.05, 0.1) is 47.5 Å².